The SMILES string of the molecule is c1ccc(N2COc3c(ccc4ccc(Cc5ccc6ccc7c(c6c5)OCN(c5ccccc5)C7)cc34)C2)cc1. The van der Waals surface area contributed by atoms with Crippen LogP contribution in [-0.4, -0.2) is 13.5 Å². The van der Waals surface area contributed by atoms with Gasteiger partial charge < -0.3 is 19.3 Å². The molecule has 0 fully saturated rings. The van der Waals surface area contributed by atoms with Crippen LogP contribution in [0.5, 0.6) is 11.5 Å². The van der Waals surface area contributed by atoms with Crippen molar-refractivity contribution in [3.63, 3.8) is 0 Å². The van der Waals surface area contributed by atoms with Gasteiger partial charge in [0.25, 0.3) is 0 Å². The Labute approximate surface area is 240 Å². The third kappa shape index (κ3) is 4.42. The number of para-hydroxylation sites is 2. The summed E-state index contributed by atoms with van der Waals surface area (Å²) in [7, 11) is 0. The lowest BCUT2D eigenvalue weighted by Crippen LogP contribution is -2.31. The van der Waals surface area contributed by atoms with Crippen molar-refractivity contribution in [3.8, 4) is 11.5 Å². The van der Waals surface area contributed by atoms with Crippen LogP contribution >= 0.6 is 0 Å². The molecule has 0 saturated heterocycles. The predicted molar refractivity (Wildman–Crippen MR) is 167 cm³/mol. The first-order chi connectivity index (χ1) is 20.3. The van der Waals surface area contributed by atoms with Gasteiger partial charge in [0.1, 0.15) is 11.5 Å². The van der Waals surface area contributed by atoms with Gasteiger partial charge in [-0.05, 0) is 64.7 Å². The first-order valence-corrected chi connectivity index (χ1v) is 14.2. The van der Waals surface area contributed by atoms with E-state index in [9.17, 15) is 0 Å². The van der Waals surface area contributed by atoms with Gasteiger partial charge in [0, 0.05) is 46.4 Å². The fourth-order valence-electron chi connectivity index (χ4n) is 6.21. The molecule has 8 rings (SSSR count). The molecule has 6 aromatic carbocycles. The molecule has 2 aliphatic heterocycles. The van der Waals surface area contributed by atoms with Gasteiger partial charge in [-0.3, -0.25) is 0 Å². The second-order valence-electron chi connectivity index (χ2n) is 11.0. The van der Waals surface area contributed by atoms with Crippen molar-refractivity contribution in [2.24, 2.45) is 0 Å². The first-order valence-electron chi connectivity index (χ1n) is 14.2. The number of benzene rings is 6. The van der Waals surface area contributed by atoms with E-state index in [1.54, 1.807) is 0 Å². The number of ether oxygens (including phenoxy) is 2. The van der Waals surface area contributed by atoms with Gasteiger partial charge in [0.2, 0.25) is 0 Å². The highest BCUT2D eigenvalue weighted by Crippen LogP contribution is 2.38. The Hall–Kier alpha value is -4.96. The van der Waals surface area contributed by atoms with Crippen molar-refractivity contribution in [1.82, 2.24) is 0 Å². The molecule has 0 unspecified atom stereocenters. The molecule has 0 saturated carbocycles. The number of hydrogen-bond acceptors (Lipinski definition) is 4. The van der Waals surface area contributed by atoms with Gasteiger partial charge in [0.05, 0.1) is 0 Å². The fraction of sp³-hybridized carbons (Fsp3) is 0.135. The second-order valence-corrected chi connectivity index (χ2v) is 11.0. The van der Waals surface area contributed by atoms with Gasteiger partial charge in [-0.15, -0.1) is 0 Å². The summed E-state index contributed by atoms with van der Waals surface area (Å²) in [5.41, 5.74) is 7.37. The summed E-state index contributed by atoms with van der Waals surface area (Å²) in [6.07, 6.45) is 0.853. The topological polar surface area (TPSA) is 24.9 Å². The van der Waals surface area contributed by atoms with Crippen LogP contribution in [0.1, 0.15) is 22.3 Å². The standard InChI is InChI=1S/C37H30N2O2/c1-3-7-32(8-4-1)38-22-30-17-15-28-13-11-26(20-34(28)36(30)40-24-38)19-27-12-14-29-16-18-31-23-39(33-9-5-2-6-10-33)25-41-37(31)35(29)21-27/h1-18,20-21H,19,22-25H2. The maximum absolute atomic E-state index is 6.37. The minimum Gasteiger partial charge on any atom is -0.472 e. The van der Waals surface area contributed by atoms with E-state index in [4.69, 9.17) is 9.47 Å². The fourth-order valence-corrected chi connectivity index (χ4v) is 6.21. The summed E-state index contributed by atoms with van der Waals surface area (Å²) in [6, 6.07) is 43.3. The molecule has 6 aromatic rings. The van der Waals surface area contributed by atoms with Crippen LogP contribution in [-0.2, 0) is 19.5 Å². The van der Waals surface area contributed by atoms with E-state index in [-0.39, 0.29) is 0 Å². The monoisotopic (exact) mass is 534 g/mol. The highest BCUT2D eigenvalue weighted by Gasteiger charge is 2.21. The van der Waals surface area contributed by atoms with E-state index in [1.807, 2.05) is 12.1 Å². The van der Waals surface area contributed by atoms with Crippen molar-refractivity contribution in [1.29, 1.82) is 0 Å². The minimum absolute atomic E-state index is 0.553. The van der Waals surface area contributed by atoms with Crippen molar-refractivity contribution in [2.75, 3.05) is 23.3 Å². The Morgan fingerprint density at radius 2 is 0.927 bits per heavy atom. The van der Waals surface area contributed by atoms with Crippen molar-refractivity contribution in [3.05, 3.63) is 144 Å². The van der Waals surface area contributed by atoms with Crippen LogP contribution < -0.4 is 19.3 Å². The van der Waals surface area contributed by atoms with Crippen molar-refractivity contribution < 1.29 is 9.47 Å². The molecule has 0 aromatic heterocycles. The third-order valence-corrected chi connectivity index (χ3v) is 8.34. The molecule has 0 N–H and O–H groups in total. The molecule has 2 aliphatic rings. The third-order valence-electron chi connectivity index (χ3n) is 8.34. The lowest BCUT2D eigenvalue weighted by Gasteiger charge is -2.31. The molecule has 200 valence electrons. The van der Waals surface area contributed by atoms with Crippen LogP contribution in [0.4, 0.5) is 11.4 Å². The normalized spacial score (nSPS) is 14.3. The number of hydrogen-bond donors (Lipinski definition) is 0. The molecule has 0 spiro atoms. The van der Waals surface area contributed by atoms with Crippen LogP contribution in [0.2, 0.25) is 0 Å². The quantitative estimate of drug-likeness (QED) is 0.227. The summed E-state index contributed by atoms with van der Waals surface area (Å²) in [4.78, 5) is 4.55. The number of nitrogens with zero attached hydrogens (tertiary/aromatic N) is 2. The predicted octanol–water partition coefficient (Wildman–Crippen LogP) is 8.30. The molecule has 0 amide bonds. The molecule has 0 bridgehead atoms. The van der Waals surface area contributed by atoms with Crippen LogP contribution in [0.3, 0.4) is 0 Å². The zero-order valence-corrected chi connectivity index (χ0v) is 22.8. The molecule has 0 aliphatic carbocycles. The molecule has 4 heteroatoms. The van der Waals surface area contributed by atoms with Crippen LogP contribution in [0.25, 0.3) is 21.5 Å². The highest BCUT2D eigenvalue weighted by atomic mass is 16.5. The smallest absolute Gasteiger partial charge is 0.161 e. The Morgan fingerprint density at radius 1 is 0.488 bits per heavy atom. The van der Waals surface area contributed by atoms with Gasteiger partial charge in [-0.25, -0.2) is 0 Å². The highest BCUT2D eigenvalue weighted by molar-refractivity contribution is 5.92. The Balaban J connectivity index is 1.08. The lowest BCUT2D eigenvalue weighted by atomic mass is 9.96. The van der Waals surface area contributed by atoms with Gasteiger partial charge in [0.15, 0.2) is 13.5 Å². The van der Waals surface area contributed by atoms with E-state index in [0.29, 0.717) is 13.5 Å². The number of fused-ring (bicyclic) bond motifs is 6. The largest absolute Gasteiger partial charge is 0.472 e. The summed E-state index contributed by atoms with van der Waals surface area (Å²) in [5.74, 6) is 2.03. The van der Waals surface area contributed by atoms with Crippen molar-refractivity contribution in [2.45, 2.75) is 19.5 Å². The Kier molecular flexibility index (Phi) is 5.77. The Morgan fingerprint density at radius 3 is 1.39 bits per heavy atom. The van der Waals surface area contributed by atoms with Gasteiger partial charge >= 0.3 is 0 Å². The average Bonchev–Trinajstić information content (AvgIpc) is 3.05. The molecular formula is C37H30N2O2. The van der Waals surface area contributed by atoms with E-state index < -0.39 is 0 Å². The molecular weight excluding hydrogens is 504 g/mol. The second kappa shape index (κ2) is 9.90. The average molecular weight is 535 g/mol. The number of anilines is 2. The van der Waals surface area contributed by atoms with E-state index >= 15 is 0 Å². The zero-order valence-electron chi connectivity index (χ0n) is 22.8. The maximum atomic E-state index is 6.37. The van der Waals surface area contributed by atoms with Crippen LogP contribution in [0, 0.1) is 0 Å². The minimum atomic E-state index is 0.553. The van der Waals surface area contributed by atoms with Crippen molar-refractivity contribution >= 4 is 32.9 Å². The van der Waals surface area contributed by atoms with E-state index in [1.165, 1.54) is 55.2 Å². The summed E-state index contributed by atoms with van der Waals surface area (Å²) < 4.78 is 12.7. The summed E-state index contributed by atoms with van der Waals surface area (Å²) >= 11 is 0. The zero-order chi connectivity index (χ0) is 27.2. The molecule has 2 heterocycles. The summed E-state index contributed by atoms with van der Waals surface area (Å²) in [5, 5.41) is 4.81. The Bertz CT molecular complexity index is 1750. The van der Waals surface area contributed by atoms with E-state index in [2.05, 4.69) is 119 Å². The van der Waals surface area contributed by atoms with Crippen LogP contribution in [0.15, 0.2) is 121 Å². The van der Waals surface area contributed by atoms with Gasteiger partial charge in [-0.1, -0.05) is 84.9 Å². The summed E-state index contributed by atoms with van der Waals surface area (Å²) in [6.45, 7) is 2.80. The molecule has 41 heavy (non-hydrogen) atoms. The lowest BCUT2D eigenvalue weighted by molar-refractivity contribution is 0.293. The first kappa shape index (κ1) is 23.9. The number of rotatable bonds is 4. The molecule has 4 nitrogen and oxygen atoms in total. The molecule has 0 atom stereocenters. The van der Waals surface area contributed by atoms with E-state index in [0.717, 1.165) is 31.0 Å². The molecule has 0 radical (unpaired) electrons. The maximum Gasteiger partial charge on any atom is 0.161 e. The van der Waals surface area contributed by atoms with Gasteiger partial charge in [-0.2, -0.15) is 0 Å².